The van der Waals surface area contributed by atoms with Gasteiger partial charge in [0.25, 0.3) is 0 Å². The number of methoxy groups -OCH3 is 1. The highest BCUT2D eigenvalue weighted by Crippen LogP contribution is 2.42. The van der Waals surface area contributed by atoms with Crippen LogP contribution < -0.4 is 4.74 Å². The number of aldehydes is 2. The van der Waals surface area contributed by atoms with Crippen molar-refractivity contribution >= 4 is 46.7 Å². The summed E-state index contributed by atoms with van der Waals surface area (Å²) < 4.78 is 7.19. The van der Waals surface area contributed by atoms with Crippen LogP contribution in [0.1, 0.15) is 20.7 Å². The molecule has 0 fully saturated rings. The second-order valence-corrected chi connectivity index (χ2v) is 9.05. The molecule has 0 saturated heterocycles. The van der Waals surface area contributed by atoms with Crippen LogP contribution in [-0.4, -0.2) is 29.2 Å². The van der Waals surface area contributed by atoms with Crippen LogP contribution in [0.5, 0.6) is 5.88 Å². The molecular weight excluding hydrogens is 495 g/mol. The standard InChI is InChI=1S/C29H20Cl2N2O3/c1-33-14-19(16-35)20-11-9-17(13-26(20)33)21-5-3-6-22(27(21)30)23-7-4-8-24(28(23)31)25-12-10-18(15-34)29(32-25)36-2/h3-16H,1-2H3. The van der Waals surface area contributed by atoms with Crippen LogP contribution in [0.2, 0.25) is 10.0 Å². The smallest absolute Gasteiger partial charge is 0.224 e. The Hall–Kier alpha value is -3.93. The minimum absolute atomic E-state index is 0.234. The van der Waals surface area contributed by atoms with Gasteiger partial charge in [-0.2, -0.15) is 0 Å². The Labute approximate surface area is 217 Å². The van der Waals surface area contributed by atoms with Crippen molar-refractivity contribution in [3.05, 3.63) is 94.1 Å². The number of ether oxygens (including phenoxy) is 1. The maximum absolute atomic E-state index is 11.4. The van der Waals surface area contributed by atoms with Gasteiger partial charge in [-0.3, -0.25) is 9.59 Å². The van der Waals surface area contributed by atoms with Gasteiger partial charge in [-0.25, -0.2) is 4.98 Å². The van der Waals surface area contributed by atoms with Crippen molar-refractivity contribution in [2.75, 3.05) is 7.11 Å². The molecule has 36 heavy (non-hydrogen) atoms. The molecule has 0 aliphatic rings. The summed E-state index contributed by atoms with van der Waals surface area (Å²) in [6.07, 6.45) is 3.38. The van der Waals surface area contributed by atoms with Crippen molar-refractivity contribution < 1.29 is 14.3 Å². The van der Waals surface area contributed by atoms with E-state index in [0.717, 1.165) is 39.4 Å². The fraction of sp³-hybridized carbons (Fsp3) is 0.0690. The van der Waals surface area contributed by atoms with Gasteiger partial charge in [-0.1, -0.05) is 71.7 Å². The molecule has 0 amide bonds. The predicted molar refractivity (Wildman–Crippen MR) is 144 cm³/mol. The summed E-state index contributed by atoms with van der Waals surface area (Å²) in [6, 6.07) is 20.8. The number of hydrogen-bond donors (Lipinski definition) is 0. The second-order valence-electron chi connectivity index (χ2n) is 8.29. The number of halogens is 2. The molecule has 5 nitrogen and oxygen atoms in total. The zero-order valence-corrected chi connectivity index (χ0v) is 21.0. The molecular formula is C29H20Cl2N2O3. The summed E-state index contributed by atoms with van der Waals surface area (Å²) in [5, 5.41) is 1.93. The predicted octanol–water partition coefficient (Wildman–Crippen LogP) is 7.51. The Balaban J connectivity index is 1.62. The molecule has 0 radical (unpaired) electrons. The maximum atomic E-state index is 11.4. The summed E-state index contributed by atoms with van der Waals surface area (Å²) in [6.45, 7) is 0. The number of carbonyl (C=O) groups excluding carboxylic acids is 2. The van der Waals surface area contributed by atoms with E-state index in [1.54, 1.807) is 12.1 Å². The van der Waals surface area contributed by atoms with E-state index in [1.165, 1.54) is 7.11 Å². The fourth-order valence-electron chi connectivity index (χ4n) is 4.43. The second kappa shape index (κ2) is 9.61. The van der Waals surface area contributed by atoms with Crippen molar-refractivity contribution in [1.29, 1.82) is 0 Å². The van der Waals surface area contributed by atoms with Crippen LogP contribution in [0, 0.1) is 0 Å². The van der Waals surface area contributed by atoms with Gasteiger partial charge in [0, 0.05) is 52.0 Å². The number of aryl methyl sites for hydroxylation is 1. The Morgan fingerprint density at radius 2 is 1.44 bits per heavy atom. The van der Waals surface area contributed by atoms with E-state index in [9.17, 15) is 9.59 Å². The topological polar surface area (TPSA) is 61.2 Å². The van der Waals surface area contributed by atoms with E-state index < -0.39 is 0 Å². The van der Waals surface area contributed by atoms with Crippen LogP contribution in [0.4, 0.5) is 0 Å². The number of pyridine rings is 1. The lowest BCUT2D eigenvalue weighted by molar-refractivity contribution is 0.111. The molecule has 0 N–H and O–H groups in total. The minimum atomic E-state index is 0.234. The van der Waals surface area contributed by atoms with Crippen LogP contribution in [-0.2, 0) is 7.05 Å². The first-order valence-corrected chi connectivity index (χ1v) is 11.8. The molecule has 0 unspecified atom stereocenters. The average molecular weight is 515 g/mol. The van der Waals surface area contributed by atoms with Crippen LogP contribution >= 0.6 is 23.2 Å². The number of nitrogens with zero attached hydrogens (tertiary/aromatic N) is 2. The number of carbonyl (C=O) groups is 2. The van der Waals surface area contributed by atoms with Crippen molar-refractivity contribution in [3.63, 3.8) is 0 Å². The van der Waals surface area contributed by atoms with Crippen LogP contribution in [0.3, 0.4) is 0 Å². The average Bonchev–Trinajstić information content (AvgIpc) is 3.23. The van der Waals surface area contributed by atoms with Crippen molar-refractivity contribution in [2.45, 2.75) is 0 Å². The fourth-order valence-corrected chi connectivity index (χ4v) is 5.09. The van der Waals surface area contributed by atoms with Gasteiger partial charge in [0.1, 0.15) is 0 Å². The largest absolute Gasteiger partial charge is 0.480 e. The molecule has 178 valence electrons. The Bertz CT molecular complexity index is 1660. The van der Waals surface area contributed by atoms with E-state index in [-0.39, 0.29) is 5.88 Å². The molecule has 0 aliphatic heterocycles. The summed E-state index contributed by atoms with van der Waals surface area (Å²) in [5.74, 6) is 0.234. The van der Waals surface area contributed by atoms with E-state index in [0.29, 0.717) is 38.7 Å². The molecule has 0 saturated carbocycles. The first-order valence-electron chi connectivity index (χ1n) is 11.1. The van der Waals surface area contributed by atoms with Gasteiger partial charge in [0.15, 0.2) is 12.6 Å². The lowest BCUT2D eigenvalue weighted by Crippen LogP contribution is -1.96. The van der Waals surface area contributed by atoms with E-state index in [1.807, 2.05) is 72.4 Å². The Morgan fingerprint density at radius 3 is 2.11 bits per heavy atom. The first-order chi connectivity index (χ1) is 17.5. The molecule has 3 aromatic carbocycles. The molecule has 5 rings (SSSR count). The zero-order valence-electron chi connectivity index (χ0n) is 19.5. The molecule has 2 aromatic heterocycles. The van der Waals surface area contributed by atoms with Gasteiger partial charge in [0.05, 0.1) is 28.4 Å². The highest BCUT2D eigenvalue weighted by molar-refractivity contribution is 6.39. The minimum Gasteiger partial charge on any atom is -0.480 e. The van der Waals surface area contributed by atoms with Gasteiger partial charge in [0.2, 0.25) is 5.88 Å². The summed E-state index contributed by atoms with van der Waals surface area (Å²) >= 11 is 13.9. The molecule has 0 atom stereocenters. The maximum Gasteiger partial charge on any atom is 0.224 e. The quantitative estimate of drug-likeness (QED) is 0.220. The normalized spacial score (nSPS) is 11.0. The third kappa shape index (κ3) is 3.96. The third-order valence-corrected chi connectivity index (χ3v) is 7.05. The van der Waals surface area contributed by atoms with Crippen LogP contribution in [0.15, 0.2) is 72.9 Å². The molecule has 0 spiro atoms. The monoisotopic (exact) mass is 514 g/mol. The Kier molecular flexibility index (Phi) is 6.35. The highest BCUT2D eigenvalue weighted by Gasteiger charge is 2.17. The van der Waals surface area contributed by atoms with E-state index in [4.69, 9.17) is 27.9 Å². The van der Waals surface area contributed by atoms with E-state index in [2.05, 4.69) is 4.98 Å². The number of rotatable bonds is 6. The van der Waals surface area contributed by atoms with Crippen molar-refractivity contribution in [2.24, 2.45) is 7.05 Å². The number of fused-ring (bicyclic) bond motifs is 1. The van der Waals surface area contributed by atoms with Gasteiger partial charge in [-0.15, -0.1) is 0 Å². The van der Waals surface area contributed by atoms with E-state index >= 15 is 0 Å². The number of hydrogen-bond acceptors (Lipinski definition) is 4. The lowest BCUT2D eigenvalue weighted by Gasteiger charge is -2.14. The summed E-state index contributed by atoms with van der Waals surface area (Å²) in [5.41, 5.74) is 6.53. The highest BCUT2D eigenvalue weighted by atomic mass is 35.5. The molecule has 2 heterocycles. The summed E-state index contributed by atoms with van der Waals surface area (Å²) in [4.78, 5) is 27.1. The molecule has 0 aliphatic carbocycles. The molecule has 5 aromatic rings. The van der Waals surface area contributed by atoms with Gasteiger partial charge in [-0.05, 0) is 23.8 Å². The van der Waals surface area contributed by atoms with Gasteiger partial charge < -0.3 is 9.30 Å². The Morgan fingerprint density at radius 1 is 0.806 bits per heavy atom. The lowest BCUT2D eigenvalue weighted by atomic mass is 9.96. The molecule has 7 heteroatoms. The first kappa shape index (κ1) is 23.8. The summed E-state index contributed by atoms with van der Waals surface area (Å²) in [7, 11) is 3.38. The van der Waals surface area contributed by atoms with Crippen molar-refractivity contribution in [3.8, 4) is 39.4 Å². The zero-order chi connectivity index (χ0) is 25.4. The SMILES string of the molecule is COc1nc(-c2cccc(-c3cccc(-c4ccc5c(C=O)cn(C)c5c4)c3Cl)c2Cl)ccc1C=O. The third-order valence-electron chi connectivity index (χ3n) is 6.23. The molecule has 0 bridgehead atoms. The van der Waals surface area contributed by atoms with Crippen molar-refractivity contribution in [1.82, 2.24) is 9.55 Å². The number of benzene rings is 3. The van der Waals surface area contributed by atoms with Gasteiger partial charge >= 0.3 is 0 Å². The van der Waals surface area contributed by atoms with Crippen LogP contribution in [0.25, 0.3) is 44.4 Å². The number of aromatic nitrogens is 2.